The quantitative estimate of drug-likeness (QED) is 0.468. The molecule has 0 heterocycles. The minimum Gasteiger partial charge on any atom is -0.385 e. The molecular formula is C18H30N4O3S. The van der Waals surface area contributed by atoms with Crippen LogP contribution >= 0.6 is 0 Å². The van der Waals surface area contributed by atoms with Crippen LogP contribution in [0.25, 0.3) is 0 Å². The van der Waals surface area contributed by atoms with Crippen LogP contribution in [0.2, 0.25) is 0 Å². The minimum absolute atomic E-state index is 0.115. The third kappa shape index (κ3) is 5.96. The highest BCUT2D eigenvalue weighted by Crippen LogP contribution is 2.40. The third-order valence-corrected chi connectivity index (χ3v) is 5.95. The van der Waals surface area contributed by atoms with E-state index in [-0.39, 0.29) is 10.3 Å². The Labute approximate surface area is 156 Å². The number of sulfonamides is 1. The van der Waals surface area contributed by atoms with Crippen LogP contribution in [0.5, 0.6) is 0 Å². The molecule has 0 atom stereocenters. The predicted molar refractivity (Wildman–Crippen MR) is 103 cm³/mol. The molecule has 0 unspecified atom stereocenters. The maximum Gasteiger partial charge on any atom is 0.238 e. The van der Waals surface area contributed by atoms with E-state index in [1.165, 1.54) is 31.7 Å². The molecule has 0 aromatic heterocycles. The molecule has 1 fully saturated rings. The smallest absolute Gasteiger partial charge is 0.238 e. The summed E-state index contributed by atoms with van der Waals surface area (Å²) in [4.78, 5) is 4.38. The lowest BCUT2D eigenvalue weighted by Crippen LogP contribution is -2.43. The molecular weight excluding hydrogens is 352 g/mol. The van der Waals surface area contributed by atoms with Crippen LogP contribution in [0.4, 0.5) is 0 Å². The maximum atomic E-state index is 11.5. The number of nitrogens with two attached hydrogens (primary N) is 1. The first-order chi connectivity index (χ1) is 12.4. The van der Waals surface area contributed by atoms with E-state index in [0.717, 1.165) is 25.1 Å². The van der Waals surface area contributed by atoms with Crippen LogP contribution in [0.1, 0.15) is 37.7 Å². The first kappa shape index (κ1) is 20.7. The van der Waals surface area contributed by atoms with Gasteiger partial charge in [0.25, 0.3) is 0 Å². The van der Waals surface area contributed by atoms with E-state index in [4.69, 9.17) is 9.88 Å². The van der Waals surface area contributed by atoms with Crippen LogP contribution in [-0.4, -0.2) is 41.7 Å². The normalized spacial score (nSPS) is 17.3. The second kappa shape index (κ2) is 9.34. The summed E-state index contributed by atoms with van der Waals surface area (Å²) in [5, 5.41) is 11.8. The second-order valence-corrected chi connectivity index (χ2v) is 8.48. The standard InChI is InChI=1S/C18H30N4O3S/c1-20-17(22-14-18(10-11-25-2)8-3-4-9-18)21-13-15-6-5-7-16(12-15)26(19,23)24/h5-7,12H,3-4,8-11,13-14H2,1-2H3,(H2,19,23,24)(H2,20,21,22). The zero-order valence-corrected chi connectivity index (χ0v) is 16.4. The summed E-state index contributed by atoms with van der Waals surface area (Å²) in [7, 11) is -0.222. The number of guanidine groups is 1. The van der Waals surface area contributed by atoms with Crippen LogP contribution < -0.4 is 15.8 Å². The molecule has 1 saturated carbocycles. The van der Waals surface area contributed by atoms with Gasteiger partial charge >= 0.3 is 0 Å². The molecule has 1 aromatic rings. The van der Waals surface area contributed by atoms with E-state index in [1.54, 1.807) is 26.3 Å². The van der Waals surface area contributed by atoms with Crippen LogP contribution in [0.15, 0.2) is 34.2 Å². The maximum absolute atomic E-state index is 11.5. The summed E-state index contributed by atoms with van der Waals surface area (Å²) < 4.78 is 28.2. The molecule has 146 valence electrons. The Morgan fingerprint density at radius 3 is 2.65 bits per heavy atom. The summed E-state index contributed by atoms with van der Waals surface area (Å²) in [5.41, 5.74) is 1.09. The molecule has 0 radical (unpaired) electrons. The summed E-state index contributed by atoms with van der Waals surface area (Å²) in [6, 6.07) is 6.61. The van der Waals surface area contributed by atoms with E-state index in [0.29, 0.717) is 12.5 Å². The molecule has 7 nitrogen and oxygen atoms in total. The molecule has 0 saturated heterocycles. The summed E-state index contributed by atoms with van der Waals surface area (Å²) in [5.74, 6) is 0.703. The number of hydrogen-bond donors (Lipinski definition) is 3. The van der Waals surface area contributed by atoms with Crippen molar-refractivity contribution in [3.05, 3.63) is 29.8 Å². The van der Waals surface area contributed by atoms with Gasteiger partial charge in [0.1, 0.15) is 0 Å². The topological polar surface area (TPSA) is 106 Å². The second-order valence-electron chi connectivity index (χ2n) is 6.92. The average molecular weight is 383 g/mol. The molecule has 0 amide bonds. The van der Waals surface area contributed by atoms with Gasteiger partial charge in [0.2, 0.25) is 10.0 Å². The Bertz CT molecular complexity index is 713. The molecule has 4 N–H and O–H groups in total. The zero-order valence-electron chi connectivity index (χ0n) is 15.6. The number of benzene rings is 1. The monoisotopic (exact) mass is 382 g/mol. The predicted octanol–water partition coefficient (Wildman–Crippen LogP) is 1.60. The fourth-order valence-electron chi connectivity index (χ4n) is 3.47. The number of aliphatic imine (C=N–C) groups is 1. The Kier molecular flexibility index (Phi) is 7.43. The zero-order chi connectivity index (χ0) is 19.0. The lowest BCUT2D eigenvalue weighted by Gasteiger charge is -2.30. The number of ether oxygens (including phenoxy) is 1. The summed E-state index contributed by atoms with van der Waals surface area (Å²) >= 11 is 0. The van der Waals surface area contributed by atoms with Gasteiger partial charge in [-0.05, 0) is 42.4 Å². The van der Waals surface area contributed by atoms with Crippen molar-refractivity contribution < 1.29 is 13.2 Å². The number of methoxy groups -OCH3 is 1. The van der Waals surface area contributed by atoms with Crippen molar-refractivity contribution in [2.24, 2.45) is 15.5 Å². The Morgan fingerprint density at radius 1 is 1.31 bits per heavy atom. The van der Waals surface area contributed by atoms with Crippen LogP contribution in [-0.2, 0) is 21.3 Å². The van der Waals surface area contributed by atoms with Gasteiger partial charge in [0.05, 0.1) is 4.90 Å². The highest BCUT2D eigenvalue weighted by molar-refractivity contribution is 7.89. The van der Waals surface area contributed by atoms with Crippen molar-refractivity contribution in [3.8, 4) is 0 Å². The first-order valence-electron chi connectivity index (χ1n) is 8.94. The fourth-order valence-corrected chi connectivity index (χ4v) is 4.05. The number of rotatable bonds is 8. The molecule has 2 rings (SSSR count). The van der Waals surface area contributed by atoms with Gasteiger partial charge in [-0.3, -0.25) is 4.99 Å². The highest BCUT2D eigenvalue weighted by atomic mass is 32.2. The molecule has 1 aromatic carbocycles. The van der Waals surface area contributed by atoms with E-state index >= 15 is 0 Å². The molecule has 8 heteroatoms. The van der Waals surface area contributed by atoms with Crippen molar-refractivity contribution in [2.45, 2.75) is 43.5 Å². The van der Waals surface area contributed by atoms with Gasteiger partial charge < -0.3 is 15.4 Å². The summed E-state index contributed by atoms with van der Waals surface area (Å²) in [6.07, 6.45) is 5.98. The van der Waals surface area contributed by atoms with Gasteiger partial charge in [-0.15, -0.1) is 0 Å². The van der Waals surface area contributed by atoms with E-state index < -0.39 is 10.0 Å². The van der Waals surface area contributed by atoms with Gasteiger partial charge in [0.15, 0.2) is 5.96 Å². The van der Waals surface area contributed by atoms with Crippen molar-refractivity contribution >= 4 is 16.0 Å². The number of nitrogens with zero attached hydrogens (tertiary/aromatic N) is 1. The van der Waals surface area contributed by atoms with Gasteiger partial charge in [-0.1, -0.05) is 25.0 Å². The lowest BCUT2D eigenvalue weighted by molar-refractivity contribution is 0.138. The van der Waals surface area contributed by atoms with Gasteiger partial charge in [-0.2, -0.15) is 0 Å². The fraction of sp³-hybridized carbons (Fsp3) is 0.611. The average Bonchev–Trinajstić information content (AvgIpc) is 3.09. The van der Waals surface area contributed by atoms with Crippen molar-refractivity contribution in [1.29, 1.82) is 0 Å². The van der Waals surface area contributed by atoms with Crippen LogP contribution in [0.3, 0.4) is 0 Å². The Hall–Kier alpha value is -1.64. The van der Waals surface area contributed by atoms with E-state index in [1.807, 2.05) is 6.07 Å². The number of primary sulfonamides is 1. The van der Waals surface area contributed by atoms with Gasteiger partial charge in [-0.25, -0.2) is 13.6 Å². The lowest BCUT2D eigenvalue weighted by atomic mass is 9.83. The molecule has 26 heavy (non-hydrogen) atoms. The Balaban J connectivity index is 1.92. The number of nitrogens with one attached hydrogen (secondary N) is 2. The van der Waals surface area contributed by atoms with Crippen LogP contribution in [0, 0.1) is 5.41 Å². The van der Waals surface area contributed by atoms with Crippen molar-refractivity contribution in [3.63, 3.8) is 0 Å². The molecule has 1 aliphatic carbocycles. The van der Waals surface area contributed by atoms with E-state index in [2.05, 4.69) is 15.6 Å². The number of hydrogen-bond acceptors (Lipinski definition) is 4. The minimum atomic E-state index is -3.69. The van der Waals surface area contributed by atoms with Crippen molar-refractivity contribution in [1.82, 2.24) is 10.6 Å². The molecule has 0 aliphatic heterocycles. The summed E-state index contributed by atoms with van der Waals surface area (Å²) in [6.45, 7) is 2.09. The molecule has 0 spiro atoms. The van der Waals surface area contributed by atoms with E-state index in [9.17, 15) is 8.42 Å². The van der Waals surface area contributed by atoms with Crippen molar-refractivity contribution in [2.75, 3.05) is 27.3 Å². The molecule has 0 bridgehead atoms. The first-order valence-corrected chi connectivity index (χ1v) is 10.5. The third-order valence-electron chi connectivity index (χ3n) is 5.04. The molecule has 1 aliphatic rings. The SMILES string of the molecule is CN=C(NCc1cccc(S(N)(=O)=O)c1)NCC1(CCOC)CCCC1. The Morgan fingerprint density at radius 2 is 2.04 bits per heavy atom. The largest absolute Gasteiger partial charge is 0.385 e. The van der Waals surface area contributed by atoms with Gasteiger partial charge in [0, 0.05) is 33.9 Å². The highest BCUT2D eigenvalue weighted by Gasteiger charge is 2.33.